The van der Waals surface area contributed by atoms with Gasteiger partial charge in [0, 0.05) is 19.6 Å². The quantitative estimate of drug-likeness (QED) is 0.445. The molecule has 0 fully saturated rings. The Bertz CT molecular complexity index is 1330. The van der Waals surface area contributed by atoms with Gasteiger partial charge in [0.15, 0.2) is 0 Å². The van der Waals surface area contributed by atoms with E-state index in [0.29, 0.717) is 12.0 Å². The molecule has 1 atom stereocenters. The monoisotopic (exact) mass is 513 g/mol. The molecule has 0 aromatic heterocycles. The van der Waals surface area contributed by atoms with Gasteiger partial charge in [-0.05, 0) is 60.9 Å². The molecular formula is C27H32FN3O4S. The van der Waals surface area contributed by atoms with Crippen molar-refractivity contribution in [3.05, 3.63) is 78.1 Å². The summed E-state index contributed by atoms with van der Waals surface area (Å²) in [5.74, 6) is -1.28. The Morgan fingerprint density at radius 1 is 0.972 bits per heavy atom. The van der Waals surface area contributed by atoms with Crippen LogP contribution in [0.2, 0.25) is 0 Å². The van der Waals surface area contributed by atoms with Crippen LogP contribution >= 0.6 is 0 Å². The fraction of sp³-hybridized carbons (Fsp3) is 0.333. The molecule has 192 valence electrons. The Kier molecular flexibility index (Phi) is 8.81. The normalized spacial score (nSPS) is 12.6. The molecule has 36 heavy (non-hydrogen) atoms. The Morgan fingerprint density at radius 2 is 1.61 bits per heavy atom. The van der Waals surface area contributed by atoms with Gasteiger partial charge >= 0.3 is 0 Å². The average Bonchev–Trinajstić information content (AvgIpc) is 2.84. The van der Waals surface area contributed by atoms with Gasteiger partial charge < -0.3 is 10.2 Å². The molecule has 0 radical (unpaired) electrons. The van der Waals surface area contributed by atoms with Crippen molar-refractivity contribution < 1.29 is 22.4 Å². The number of nitrogens with zero attached hydrogens (tertiary/aromatic N) is 2. The zero-order valence-electron chi connectivity index (χ0n) is 20.9. The number of hydrogen-bond acceptors (Lipinski definition) is 4. The van der Waals surface area contributed by atoms with E-state index in [1.54, 1.807) is 19.1 Å². The molecule has 7 nitrogen and oxygen atoms in total. The van der Waals surface area contributed by atoms with Gasteiger partial charge in [-0.2, -0.15) is 4.31 Å². The van der Waals surface area contributed by atoms with Crippen LogP contribution in [0.1, 0.15) is 32.8 Å². The fourth-order valence-electron chi connectivity index (χ4n) is 3.96. The molecule has 0 unspecified atom stereocenters. The summed E-state index contributed by atoms with van der Waals surface area (Å²) in [6, 6.07) is 16.9. The molecule has 0 saturated heterocycles. The number of fused-ring (bicyclic) bond motifs is 1. The number of amides is 2. The molecule has 0 aliphatic heterocycles. The van der Waals surface area contributed by atoms with E-state index in [1.165, 1.54) is 42.3 Å². The van der Waals surface area contributed by atoms with Crippen molar-refractivity contribution in [3.63, 3.8) is 0 Å². The predicted molar refractivity (Wildman–Crippen MR) is 138 cm³/mol. The van der Waals surface area contributed by atoms with Crippen molar-refractivity contribution >= 4 is 32.6 Å². The standard InChI is InChI=1S/C27H32FN3O4S/c1-5-25(27(33)29-19(2)3)31(17-20-10-13-23(28)14-11-20)26(32)18-30(4)36(34,35)24-15-12-21-8-6-7-9-22(21)16-24/h6-16,19,25H,5,17-18H2,1-4H3,(H,29,33)/t25-/m1/s1. The van der Waals surface area contributed by atoms with Crippen LogP contribution in [-0.2, 0) is 26.2 Å². The Labute approximate surface area is 212 Å². The summed E-state index contributed by atoms with van der Waals surface area (Å²) < 4.78 is 41.0. The van der Waals surface area contributed by atoms with Crippen molar-refractivity contribution in [1.29, 1.82) is 0 Å². The Balaban J connectivity index is 1.88. The maximum absolute atomic E-state index is 13.5. The molecule has 2 amide bonds. The maximum Gasteiger partial charge on any atom is 0.243 e. The van der Waals surface area contributed by atoms with Crippen LogP contribution < -0.4 is 5.32 Å². The molecular weight excluding hydrogens is 481 g/mol. The first-order valence-electron chi connectivity index (χ1n) is 11.8. The average molecular weight is 514 g/mol. The van der Waals surface area contributed by atoms with Crippen molar-refractivity contribution in [2.75, 3.05) is 13.6 Å². The summed E-state index contributed by atoms with van der Waals surface area (Å²) in [6.07, 6.45) is 0.326. The zero-order valence-corrected chi connectivity index (χ0v) is 21.8. The van der Waals surface area contributed by atoms with E-state index in [2.05, 4.69) is 5.32 Å². The van der Waals surface area contributed by atoms with Gasteiger partial charge in [-0.3, -0.25) is 9.59 Å². The Morgan fingerprint density at radius 3 is 2.22 bits per heavy atom. The minimum Gasteiger partial charge on any atom is -0.352 e. The topological polar surface area (TPSA) is 86.8 Å². The fourth-order valence-corrected chi connectivity index (χ4v) is 5.12. The lowest BCUT2D eigenvalue weighted by atomic mass is 10.1. The van der Waals surface area contributed by atoms with Gasteiger partial charge in [-0.1, -0.05) is 49.4 Å². The number of carbonyl (C=O) groups is 2. The molecule has 0 saturated carbocycles. The van der Waals surface area contributed by atoms with Crippen molar-refractivity contribution in [3.8, 4) is 0 Å². The molecule has 3 aromatic carbocycles. The number of hydrogen-bond donors (Lipinski definition) is 1. The highest BCUT2D eigenvalue weighted by molar-refractivity contribution is 7.89. The van der Waals surface area contributed by atoms with Crippen LogP contribution in [0.3, 0.4) is 0 Å². The number of carbonyl (C=O) groups excluding carboxylic acids is 2. The van der Waals surface area contributed by atoms with Crippen molar-refractivity contribution in [2.24, 2.45) is 0 Å². The summed E-state index contributed by atoms with van der Waals surface area (Å²) in [4.78, 5) is 27.8. The van der Waals surface area contributed by atoms with Crippen LogP contribution in [0.25, 0.3) is 10.8 Å². The van der Waals surface area contributed by atoms with E-state index in [4.69, 9.17) is 0 Å². The van der Waals surface area contributed by atoms with E-state index in [9.17, 15) is 22.4 Å². The molecule has 3 aromatic rings. The molecule has 0 aliphatic rings. The third kappa shape index (κ3) is 6.47. The van der Waals surface area contributed by atoms with Gasteiger partial charge in [-0.25, -0.2) is 12.8 Å². The molecule has 1 N–H and O–H groups in total. The lowest BCUT2D eigenvalue weighted by Gasteiger charge is -2.32. The highest BCUT2D eigenvalue weighted by atomic mass is 32.2. The zero-order chi connectivity index (χ0) is 26.5. The second-order valence-corrected chi connectivity index (χ2v) is 11.1. The second-order valence-electron chi connectivity index (χ2n) is 9.01. The van der Waals surface area contributed by atoms with Crippen LogP contribution in [0.15, 0.2) is 71.6 Å². The lowest BCUT2D eigenvalue weighted by Crippen LogP contribution is -2.52. The molecule has 3 rings (SSSR count). The van der Waals surface area contributed by atoms with Crippen LogP contribution in [0.5, 0.6) is 0 Å². The van der Waals surface area contributed by atoms with Gasteiger partial charge in [0.05, 0.1) is 11.4 Å². The third-order valence-corrected chi connectivity index (χ3v) is 7.67. The highest BCUT2D eigenvalue weighted by Crippen LogP contribution is 2.22. The van der Waals surface area contributed by atoms with Gasteiger partial charge in [0.25, 0.3) is 0 Å². The first-order valence-corrected chi connectivity index (χ1v) is 13.3. The number of nitrogens with one attached hydrogen (secondary N) is 1. The highest BCUT2D eigenvalue weighted by Gasteiger charge is 2.32. The minimum absolute atomic E-state index is 0.0347. The first kappa shape index (κ1) is 27.3. The molecule has 0 heterocycles. The van der Waals surface area contributed by atoms with Gasteiger partial charge in [-0.15, -0.1) is 0 Å². The number of likely N-dealkylation sites (N-methyl/N-ethyl adjacent to an activating group) is 1. The second kappa shape index (κ2) is 11.6. The SMILES string of the molecule is CC[C@H](C(=O)NC(C)C)N(Cc1ccc(F)cc1)C(=O)CN(C)S(=O)(=O)c1ccc2ccccc2c1. The van der Waals surface area contributed by atoms with E-state index in [-0.39, 0.29) is 23.4 Å². The number of benzene rings is 3. The van der Waals surface area contributed by atoms with Gasteiger partial charge in [0.2, 0.25) is 21.8 Å². The van der Waals surface area contributed by atoms with Crippen molar-refractivity contribution in [2.45, 2.75) is 50.7 Å². The van der Waals surface area contributed by atoms with E-state index >= 15 is 0 Å². The largest absolute Gasteiger partial charge is 0.352 e. The summed E-state index contributed by atoms with van der Waals surface area (Å²) >= 11 is 0. The molecule has 0 spiro atoms. The summed E-state index contributed by atoms with van der Waals surface area (Å²) in [6.45, 7) is 5.00. The number of rotatable bonds is 10. The minimum atomic E-state index is -3.97. The van der Waals surface area contributed by atoms with Crippen LogP contribution in [0.4, 0.5) is 4.39 Å². The Hall–Kier alpha value is -3.30. The van der Waals surface area contributed by atoms with E-state index in [0.717, 1.165) is 15.1 Å². The predicted octanol–water partition coefficient (Wildman–Crippen LogP) is 3.93. The third-order valence-electron chi connectivity index (χ3n) is 5.87. The molecule has 9 heteroatoms. The first-order chi connectivity index (χ1) is 17.0. The van der Waals surface area contributed by atoms with Gasteiger partial charge in [0.1, 0.15) is 11.9 Å². The summed E-state index contributed by atoms with van der Waals surface area (Å²) in [7, 11) is -2.63. The van der Waals surface area contributed by atoms with Crippen LogP contribution in [0, 0.1) is 5.82 Å². The number of sulfonamides is 1. The summed E-state index contributed by atoms with van der Waals surface area (Å²) in [5.41, 5.74) is 0.626. The molecule has 0 aliphatic carbocycles. The molecule has 0 bridgehead atoms. The van der Waals surface area contributed by atoms with E-state index in [1.807, 2.05) is 38.1 Å². The van der Waals surface area contributed by atoms with Crippen LogP contribution in [-0.4, -0.2) is 55.1 Å². The van der Waals surface area contributed by atoms with Crippen molar-refractivity contribution in [1.82, 2.24) is 14.5 Å². The lowest BCUT2D eigenvalue weighted by molar-refractivity contribution is -0.141. The van der Waals surface area contributed by atoms with E-state index < -0.39 is 34.3 Å². The smallest absolute Gasteiger partial charge is 0.243 e. The maximum atomic E-state index is 13.5. The summed E-state index contributed by atoms with van der Waals surface area (Å²) in [5, 5.41) is 4.50. The number of halogens is 1.